The summed E-state index contributed by atoms with van der Waals surface area (Å²) in [4.78, 5) is 147. The fourth-order valence-corrected chi connectivity index (χ4v) is 12.4. The molecule has 0 fully saturated rings. The Morgan fingerprint density at radius 2 is 0.946 bits per heavy atom. The number of alkyl halides is 1. The number of carbonyl (C=O) groups is 9. The Kier molecular flexibility index (Phi) is 79.0. The molecular formula is C98H145B2ClFN21O23S. The minimum atomic E-state index is -0.681. The number of aromatic amines is 4. The fourth-order valence-electron chi connectivity index (χ4n) is 12.2. The molecule has 0 saturated carbocycles. The Labute approximate surface area is 874 Å². The van der Waals surface area contributed by atoms with Crippen LogP contribution in [0, 0.1) is 22.7 Å². The molecular weight excluding hydrogens is 1950 g/mol. The number of benzene rings is 4. The number of aliphatic hydroxyl groups is 2. The number of aliphatic imine (C=N–C) groups is 1. The van der Waals surface area contributed by atoms with Crippen LogP contribution in [0.5, 0.6) is 0 Å². The summed E-state index contributed by atoms with van der Waals surface area (Å²) in [5.41, 5.74) is 9.49. The molecule has 0 atom stereocenters. The van der Waals surface area contributed by atoms with Crippen LogP contribution in [0.25, 0.3) is 0 Å². The number of nitrogens with one attached hydrogen (secondary N) is 5. The summed E-state index contributed by atoms with van der Waals surface area (Å²) in [6, 6.07) is 44.2. The molecule has 10 aromatic rings. The molecule has 4 radical (unpaired) electrons. The van der Waals surface area contributed by atoms with Crippen molar-refractivity contribution in [1.82, 2.24) is 83.9 Å². The number of aliphatic hydroxyl groups excluding tert-OH is 2. The van der Waals surface area contributed by atoms with E-state index in [1.807, 2.05) is 153 Å². The van der Waals surface area contributed by atoms with Crippen LogP contribution in [0.2, 0.25) is 0 Å². The van der Waals surface area contributed by atoms with E-state index < -0.39 is 48.0 Å². The van der Waals surface area contributed by atoms with Gasteiger partial charge in [-0.15, -0.1) is 11.6 Å². The van der Waals surface area contributed by atoms with E-state index in [1.54, 1.807) is 23.6 Å². The van der Waals surface area contributed by atoms with Gasteiger partial charge < -0.3 is 106 Å². The predicted octanol–water partition coefficient (Wildman–Crippen LogP) is 12.2. The molecule has 0 bridgehead atoms. The third-order valence-corrected chi connectivity index (χ3v) is 18.7. The maximum absolute atomic E-state index is 12.1. The van der Waals surface area contributed by atoms with Gasteiger partial charge in [0, 0.05) is 141 Å². The van der Waals surface area contributed by atoms with E-state index in [4.69, 9.17) is 65.1 Å². The van der Waals surface area contributed by atoms with Gasteiger partial charge in [0.15, 0.2) is 40.4 Å². The van der Waals surface area contributed by atoms with Crippen LogP contribution < -0.4 is 5.32 Å². The molecule has 0 unspecified atom stereocenters. The zero-order valence-electron chi connectivity index (χ0n) is 83.7. The van der Waals surface area contributed by atoms with Gasteiger partial charge in [0.1, 0.15) is 29.6 Å². The van der Waals surface area contributed by atoms with E-state index >= 15 is 0 Å². The summed E-state index contributed by atoms with van der Waals surface area (Å²) >= 11 is 9.06. The number of thiol groups is 1. The molecule has 0 saturated heterocycles. The molecule has 8 heterocycles. The van der Waals surface area contributed by atoms with Gasteiger partial charge in [-0.25, -0.2) is 63.5 Å². The first-order valence-electron chi connectivity index (χ1n) is 44.2. The van der Waals surface area contributed by atoms with E-state index in [0.29, 0.717) is 119 Å². The quantitative estimate of drug-likeness (QED) is 0.00208. The molecule has 147 heavy (non-hydrogen) atoms. The number of nitriles is 2. The summed E-state index contributed by atoms with van der Waals surface area (Å²) in [6.07, 6.45) is 7.79. The summed E-state index contributed by atoms with van der Waals surface area (Å²) in [5, 5.41) is 36.4. The van der Waals surface area contributed by atoms with Crippen LogP contribution in [0.15, 0.2) is 169 Å². The van der Waals surface area contributed by atoms with Crippen molar-refractivity contribution in [3.8, 4) is 12.1 Å². The number of hydrogen-bond donors (Lipinski definition) is 8. The standard InChI is InChI=1S/C15H18ClN3O2.C15H19N3O3.C15H17N3O2.C13H19N3O4.C10H16N2O4.C9H13NO.C6H6N2O3.C6H11NO2.C4H7NO2.C2H3N.3CH4.BHNS.B.FH.H2/c1-21-15(20)14-13(17-11-18-14)10-19(8-7-16)9-12-5-3-2-4-6-12;1-21-15(20)14-13(16-11-17-14)10-18(7-8-19)9-12-5-3-2-4-6-12;1-20-15(19)14-13-10-17(7-8-18(13)11-16-14)9-12-5-3-2-4-6-12;1-13(2,3)20-12(18)15-5-6-16-8-14-10(9(16)7-15)11(17)19-4;1-4-15-10(16-5-2)8-7(9(13)14-3)11-6-12-8;11-7-6-10-8-9-4-2-1-3-5-9;1-11-6(10)5-4(2-9)7-3-8-5;1-3-8-6(5-7)9-4-2;1-5-3-4(6)7-2;1-2-3;;;;1-2-3;;;/h2-6,11H,7-10H2,1H3,(H,17,18);2-6,11,19H,7-10H2,1H3,(H,16,17);2-6,11H,7-10H2,1H3;8H,5-7H2,1-4H3;6,10H,4-5H2,1-3H3,(H,11,12);1-5,10-11H,6-8H2;2-3H,1H3,(H,7,8);6H,3-4H2,1-2H3;1,3H2,2H3;1H3;3*1H4;3H;;2*1H/i;;;;;;;;;;;;;;;;1+1. The molecule has 4 aromatic carbocycles. The number of ether oxygens (including phenoxy) is 12. The number of nitrogens with zero attached hydrogens (tertiary/aromatic N) is 16. The van der Waals surface area contributed by atoms with Crippen LogP contribution in [-0.4, -0.2) is 312 Å². The molecule has 2 aliphatic heterocycles. The van der Waals surface area contributed by atoms with Crippen molar-refractivity contribution in [2.45, 2.75) is 161 Å². The number of carbonyl (C=O) groups excluding carboxylic acids is 9. The Balaban J connectivity index is -0.000000520. The average Bonchev–Trinajstić information content (AvgIpc) is 1.67. The first-order valence-corrected chi connectivity index (χ1v) is 45.1. The minimum absolute atomic E-state index is 0. The second kappa shape index (κ2) is 83.3. The van der Waals surface area contributed by atoms with Gasteiger partial charge in [-0.05, 0) is 77.4 Å². The Morgan fingerprint density at radius 3 is 1.34 bits per heavy atom. The molecule has 806 valence electrons. The van der Waals surface area contributed by atoms with Gasteiger partial charge in [-0.3, -0.25) is 34.0 Å². The SMILES string of the molecule is C.C.C.C=NCC(=O)OC.CC#N.CCOC(C#N)OCC.CCOC(OCC)c1[nH]cnc1C(=O)OC.COC(=O)c1nc[nH]c1C=O.COC(=O)c1nc[nH]c1CN(CCCl)Cc1ccccc1.COC(=O)c1nc[nH]c1CN(CCO)Cc1ccccc1.COC(=O)c1ncn2c1CN(C(=O)OC(C)(C)C)CC2.COC(=O)c1ncn2c1CN(Cc1ccccc1)CC2.F.OCCNCc1ccccc1.[2HH].[B].[B]=NS. The van der Waals surface area contributed by atoms with Gasteiger partial charge in [0.2, 0.25) is 12.6 Å². The van der Waals surface area contributed by atoms with Crippen molar-refractivity contribution in [3.05, 3.63) is 250 Å². The van der Waals surface area contributed by atoms with Crippen LogP contribution in [0.3, 0.4) is 0 Å². The van der Waals surface area contributed by atoms with Crippen LogP contribution >= 0.6 is 24.4 Å². The zero-order valence-corrected chi connectivity index (χ0v) is 85.4. The molecule has 2 aliphatic rings. The molecule has 44 nitrogen and oxygen atoms in total. The molecule has 7 N–H and O–H groups in total. The number of H-pyrrole nitrogens is 4. The Morgan fingerprint density at radius 1 is 0.558 bits per heavy atom. The van der Waals surface area contributed by atoms with Crippen molar-refractivity contribution >= 4 is 101 Å². The fraction of sp³-hybridized carbons (Fsp3) is 0.449. The van der Waals surface area contributed by atoms with Gasteiger partial charge in [0.25, 0.3) is 0 Å². The zero-order chi connectivity index (χ0) is 105. The summed E-state index contributed by atoms with van der Waals surface area (Å²) < 4.78 is 64.4. The number of rotatable bonds is 36. The van der Waals surface area contributed by atoms with Crippen LogP contribution in [0.4, 0.5) is 9.50 Å². The number of imidazole rings is 6. The number of methoxy groups -OCH3 is 7. The number of halogens is 2. The normalized spacial score (nSPS) is 10.8. The van der Waals surface area contributed by atoms with Crippen LogP contribution in [-0.2, 0) is 127 Å². The molecule has 0 spiro atoms. The van der Waals surface area contributed by atoms with E-state index in [1.165, 1.54) is 98.7 Å². The van der Waals surface area contributed by atoms with Crippen molar-refractivity contribution in [2.24, 2.45) is 9.29 Å². The maximum atomic E-state index is 12.1. The van der Waals surface area contributed by atoms with Crippen molar-refractivity contribution in [2.75, 3.05) is 135 Å². The molecule has 6 aromatic heterocycles. The molecule has 0 aliphatic carbocycles. The van der Waals surface area contributed by atoms with E-state index in [0.717, 1.165) is 62.8 Å². The number of hydrogen-bond acceptors (Lipinski definition) is 38. The monoisotopic (exact) mass is 2090 g/mol. The number of esters is 7. The molecule has 12 rings (SSSR count). The third kappa shape index (κ3) is 54.2. The second-order valence-corrected chi connectivity index (χ2v) is 30.1. The molecule has 49 heteroatoms. The summed E-state index contributed by atoms with van der Waals surface area (Å²) in [7, 11) is 13.6. The van der Waals surface area contributed by atoms with E-state index in [-0.39, 0.29) is 103 Å². The van der Waals surface area contributed by atoms with Gasteiger partial charge >= 0.3 is 72.6 Å². The third-order valence-electron chi connectivity index (χ3n) is 18.6. The second-order valence-electron chi connectivity index (χ2n) is 29.5. The van der Waals surface area contributed by atoms with Crippen molar-refractivity contribution < 1.29 is 116 Å². The topological polar surface area (TPSA) is 552 Å². The van der Waals surface area contributed by atoms with Crippen molar-refractivity contribution in [3.63, 3.8) is 0 Å². The summed E-state index contributed by atoms with van der Waals surface area (Å²) in [5.74, 6) is -2.71. The Bertz CT molecular complexity index is 5260. The van der Waals surface area contributed by atoms with Gasteiger partial charge in [-0.1, -0.05) is 144 Å². The summed E-state index contributed by atoms with van der Waals surface area (Å²) in [6.45, 7) is 29.6. The number of amides is 1. The molecule has 1 amide bonds. The number of aldehydes is 1. The van der Waals surface area contributed by atoms with Crippen LogP contribution in [0.1, 0.15) is 210 Å². The Hall–Kier alpha value is -13.9. The van der Waals surface area contributed by atoms with Crippen molar-refractivity contribution in [1.29, 1.82) is 10.5 Å². The van der Waals surface area contributed by atoms with Gasteiger partial charge in [0.05, 0.1) is 136 Å². The van der Waals surface area contributed by atoms with E-state index in [9.17, 15) is 48.3 Å². The predicted molar refractivity (Wildman–Crippen MR) is 558 cm³/mol. The van der Waals surface area contributed by atoms with Gasteiger partial charge in [-0.2, -0.15) is 10.5 Å². The number of aromatic nitrogens is 12. The first kappa shape index (κ1) is 139. The first-order chi connectivity index (χ1) is 68.5. The average molecular weight is 2090 g/mol. The van der Waals surface area contributed by atoms with E-state index in [2.05, 4.69) is 157 Å². The number of fused-ring (bicyclic) bond motifs is 2.